The van der Waals surface area contributed by atoms with Crippen LogP contribution in [0.2, 0.25) is 0 Å². The minimum atomic E-state index is -0.596. The summed E-state index contributed by atoms with van der Waals surface area (Å²) in [6.07, 6.45) is 2.73. The van der Waals surface area contributed by atoms with Gasteiger partial charge in [0.1, 0.15) is 12.2 Å². The monoisotopic (exact) mass is 460 g/mol. The fourth-order valence-corrected chi connectivity index (χ4v) is 4.81. The van der Waals surface area contributed by atoms with Crippen LogP contribution in [0, 0.1) is 13.8 Å². The normalized spacial score (nSPS) is 20.4. The summed E-state index contributed by atoms with van der Waals surface area (Å²) in [7, 11) is 2.11. The number of amides is 4. The summed E-state index contributed by atoms with van der Waals surface area (Å²) in [6.45, 7) is 10.2. The molecule has 0 saturated carbocycles. The van der Waals surface area contributed by atoms with E-state index in [4.69, 9.17) is 0 Å². The number of carbonyl (C=O) groups is 3. The van der Waals surface area contributed by atoms with Crippen molar-refractivity contribution in [3.63, 3.8) is 0 Å². The molecule has 7 nitrogen and oxygen atoms in total. The van der Waals surface area contributed by atoms with Gasteiger partial charge in [-0.1, -0.05) is 25.1 Å². The van der Waals surface area contributed by atoms with Crippen LogP contribution in [-0.2, 0) is 9.59 Å². The topological polar surface area (TPSA) is 81.8 Å². The average Bonchev–Trinajstić information content (AvgIpc) is 3.02. The third-order valence-corrected chi connectivity index (χ3v) is 7.00. The number of nitrogens with one attached hydrogen (secondary N) is 2. The summed E-state index contributed by atoms with van der Waals surface area (Å²) in [5.41, 5.74) is 6.11. The summed E-state index contributed by atoms with van der Waals surface area (Å²) in [5, 5.41) is 5.40. The van der Waals surface area contributed by atoms with Gasteiger partial charge in [0.15, 0.2) is 0 Å². The number of anilines is 2. The fraction of sp³-hybridized carbons (Fsp3) is 0.370. The summed E-state index contributed by atoms with van der Waals surface area (Å²) in [4.78, 5) is 41.2. The molecule has 2 aromatic carbocycles. The van der Waals surface area contributed by atoms with Crippen LogP contribution in [0.25, 0.3) is 6.08 Å². The van der Waals surface area contributed by atoms with E-state index >= 15 is 0 Å². The molecule has 2 aliphatic heterocycles. The zero-order chi connectivity index (χ0) is 24.8. The summed E-state index contributed by atoms with van der Waals surface area (Å²) in [6, 6.07) is 11.0. The lowest BCUT2D eigenvalue weighted by molar-refractivity contribution is -0.127. The van der Waals surface area contributed by atoms with Gasteiger partial charge in [0, 0.05) is 24.0 Å². The molecule has 178 valence electrons. The van der Waals surface area contributed by atoms with Gasteiger partial charge in [-0.3, -0.25) is 9.59 Å². The van der Waals surface area contributed by atoms with Crippen LogP contribution in [0.1, 0.15) is 55.4 Å². The van der Waals surface area contributed by atoms with Crippen LogP contribution in [0.15, 0.2) is 42.1 Å². The lowest BCUT2D eigenvalue weighted by atomic mass is 9.79. The van der Waals surface area contributed by atoms with Gasteiger partial charge in [0.05, 0.1) is 0 Å². The molecule has 0 spiro atoms. The second kappa shape index (κ2) is 8.63. The maximum atomic E-state index is 13.0. The van der Waals surface area contributed by atoms with Gasteiger partial charge in [-0.05, 0) is 86.6 Å². The Morgan fingerprint density at radius 3 is 2.59 bits per heavy atom. The Hall–Kier alpha value is -3.61. The zero-order valence-electron chi connectivity index (χ0n) is 20.7. The quantitative estimate of drug-likeness (QED) is 0.518. The van der Waals surface area contributed by atoms with Crippen LogP contribution in [0.4, 0.5) is 16.2 Å². The largest absolute Gasteiger partial charge is 0.369 e. The van der Waals surface area contributed by atoms with Crippen LogP contribution in [0.3, 0.4) is 0 Å². The molecule has 0 radical (unpaired) electrons. The molecule has 1 saturated heterocycles. The molecule has 4 amide bonds. The van der Waals surface area contributed by atoms with Gasteiger partial charge in [-0.25, -0.2) is 9.69 Å². The maximum absolute atomic E-state index is 13.0. The van der Waals surface area contributed by atoms with Crippen LogP contribution >= 0.6 is 0 Å². The number of aryl methyl sites for hydroxylation is 2. The van der Waals surface area contributed by atoms with E-state index in [1.54, 1.807) is 12.1 Å². The number of nitrogens with zero attached hydrogens (tertiary/aromatic N) is 2. The predicted molar refractivity (Wildman–Crippen MR) is 135 cm³/mol. The van der Waals surface area contributed by atoms with E-state index in [2.05, 4.69) is 55.5 Å². The minimum absolute atomic E-state index is 0.0631. The first-order valence-corrected chi connectivity index (χ1v) is 11.6. The molecule has 0 aromatic heterocycles. The van der Waals surface area contributed by atoms with Crippen molar-refractivity contribution in [1.82, 2.24) is 10.2 Å². The predicted octanol–water partition coefficient (Wildman–Crippen LogP) is 4.56. The minimum Gasteiger partial charge on any atom is -0.369 e. The number of benzene rings is 2. The molecule has 2 aromatic rings. The SMILES string of the molecule is Cc1cc2c(cc1/C=C1/NC(=O)N(CC(=O)Nc3ccccc3C)C1=O)C(C)CC(C)(C)N2C. The zero-order valence-corrected chi connectivity index (χ0v) is 20.7. The maximum Gasteiger partial charge on any atom is 0.329 e. The van der Waals surface area contributed by atoms with Crippen molar-refractivity contribution < 1.29 is 14.4 Å². The van der Waals surface area contributed by atoms with Crippen molar-refractivity contribution in [2.75, 3.05) is 23.8 Å². The molecule has 2 aliphatic rings. The number of hydrogen-bond acceptors (Lipinski definition) is 4. The summed E-state index contributed by atoms with van der Waals surface area (Å²) < 4.78 is 0. The Kier molecular flexibility index (Phi) is 5.98. The van der Waals surface area contributed by atoms with Gasteiger partial charge in [-0.15, -0.1) is 0 Å². The second-order valence-electron chi connectivity index (χ2n) is 9.99. The molecule has 1 atom stereocenters. The average molecular weight is 461 g/mol. The highest BCUT2D eigenvalue weighted by Gasteiger charge is 2.36. The van der Waals surface area contributed by atoms with E-state index in [9.17, 15) is 14.4 Å². The van der Waals surface area contributed by atoms with Gasteiger partial charge < -0.3 is 15.5 Å². The van der Waals surface area contributed by atoms with Crippen molar-refractivity contribution in [1.29, 1.82) is 0 Å². The molecule has 2 N–H and O–H groups in total. The van der Waals surface area contributed by atoms with Gasteiger partial charge in [0.25, 0.3) is 5.91 Å². The van der Waals surface area contributed by atoms with Gasteiger partial charge in [0.2, 0.25) is 5.91 Å². The van der Waals surface area contributed by atoms with E-state index in [1.165, 1.54) is 11.3 Å². The van der Waals surface area contributed by atoms with E-state index in [1.807, 2.05) is 32.0 Å². The molecule has 2 heterocycles. The van der Waals surface area contributed by atoms with Crippen molar-refractivity contribution in [2.45, 2.75) is 52.5 Å². The van der Waals surface area contributed by atoms with Crippen LogP contribution in [0.5, 0.6) is 0 Å². The number of carbonyl (C=O) groups excluding carboxylic acids is 3. The highest BCUT2D eigenvalue weighted by molar-refractivity contribution is 6.16. The lowest BCUT2D eigenvalue weighted by Crippen LogP contribution is -2.45. The standard InChI is InChI=1S/C27H32N4O3/c1-16-9-7-8-10-21(16)28-24(32)15-31-25(33)22(29-26(31)34)13-19-12-20-18(3)14-27(4,5)30(6)23(20)11-17(19)2/h7-13,18H,14-15H2,1-6H3,(H,28,32)(H,29,34)/b22-13+. The highest BCUT2D eigenvalue weighted by atomic mass is 16.2. The van der Waals surface area contributed by atoms with Crippen LogP contribution in [-0.4, -0.2) is 41.9 Å². The summed E-state index contributed by atoms with van der Waals surface area (Å²) in [5.74, 6) is -0.564. The van der Waals surface area contributed by atoms with Crippen molar-refractivity contribution in [2.24, 2.45) is 0 Å². The Labute approximate surface area is 200 Å². The van der Waals surface area contributed by atoms with Crippen molar-refractivity contribution in [3.05, 3.63) is 64.3 Å². The molecular formula is C27H32N4O3. The lowest BCUT2D eigenvalue weighted by Gasteiger charge is -2.45. The molecule has 1 unspecified atom stereocenters. The number of urea groups is 1. The third-order valence-electron chi connectivity index (χ3n) is 7.00. The van der Waals surface area contributed by atoms with E-state index in [-0.39, 0.29) is 17.8 Å². The van der Waals surface area contributed by atoms with E-state index in [0.717, 1.165) is 28.0 Å². The van der Waals surface area contributed by atoms with Gasteiger partial charge >= 0.3 is 6.03 Å². The van der Waals surface area contributed by atoms with E-state index in [0.29, 0.717) is 11.6 Å². The molecule has 4 rings (SSSR count). The molecule has 0 bridgehead atoms. The highest BCUT2D eigenvalue weighted by Crippen LogP contribution is 2.43. The third kappa shape index (κ3) is 4.30. The molecule has 7 heteroatoms. The number of hydrogen-bond donors (Lipinski definition) is 2. The van der Waals surface area contributed by atoms with Crippen LogP contribution < -0.4 is 15.5 Å². The Balaban J connectivity index is 1.55. The Morgan fingerprint density at radius 1 is 1.18 bits per heavy atom. The number of fused-ring (bicyclic) bond motifs is 1. The summed E-state index contributed by atoms with van der Waals surface area (Å²) >= 11 is 0. The molecule has 0 aliphatic carbocycles. The first kappa shape index (κ1) is 23.5. The second-order valence-corrected chi connectivity index (χ2v) is 9.99. The number of rotatable bonds is 4. The Bertz CT molecular complexity index is 1210. The van der Waals surface area contributed by atoms with E-state index < -0.39 is 17.8 Å². The molecule has 1 fully saturated rings. The number of imide groups is 1. The van der Waals surface area contributed by atoms with Crippen molar-refractivity contribution >= 4 is 35.3 Å². The first-order valence-electron chi connectivity index (χ1n) is 11.6. The fourth-order valence-electron chi connectivity index (χ4n) is 4.81. The molecular weight excluding hydrogens is 428 g/mol. The smallest absolute Gasteiger partial charge is 0.329 e. The number of para-hydroxylation sites is 1. The van der Waals surface area contributed by atoms with Crippen molar-refractivity contribution in [3.8, 4) is 0 Å². The first-order chi connectivity index (χ1) is 16.0. The Morgan fingerprint density at radius 2 is 1.88 bits per heavy atom. The molecule has 34 heavy (non-hydrogen) atoms. The van der Waals surface area contributed by atoms with Gasteiger partial charge in [-0.2, -0.15) is 0 Å².